The van der Waals surface area contributed by atoms with Gasteiger partial charge in [-0.25, -0.2) is 0 Å². The summed E-state index contributed by atoms with van der Waals surface area (Å²) in [7, 11) is 1.24. The molecule has 0 rings (SSSR count). The van der Waals surface area contributed by atoms with Gasteiger partial charge in [-0.3, -0.25) is 9.36 Å². The quantitative estimate of drug-likeness (QED) is 0.0272. The lowest BCUT2D eigenvalue weighted by molar-refractivity contribution is -0.870. The number of nitrogens with zero attached hydrogens (tertiary/aromatic N) is 1. The van der Waals surface area contributed by atoms with Crippen LogP contribution in [-0.4, -0.2) is 68.5 Å². The molecule has 0 aliphatic heterocycles. The summed E-state index contributed by atoms with van der Waals surface area (Å²) in [6, 6.07) is -0.914. The van der Waals surface area contributed by atoms with Gasteiger partial charge in [-0.15, -0.1) is 0 Å². The number of hydrogen-bond donors (Lipinski definition) is 2. The van der Waals surface area contributed by atoms with E-state index in [1.807, 2.05) is 27.2 Å². The molecule has 8 nitrogen and oxygen atoms in total. The highest BCUT2D eigenvalue weighted by molar-refractivity contribution is 7.45. The number of quaternary nitrogens is 1. The number of unbranched alkanes of at least 4 members (excludes halogenated alkanes) is 45. The number of carbonyl (C=O) groups excluding carboxylic acids is 1. The molecule has 0 spiro atoms. The second kappa shape index (κ2) is 66.4. The summed E-state index contributed by atoms with van der Waals surface area (Å²) in [5.41, 5.74) is 0. The van der Waals surface area contributed by atoms with E-state index in [0.29, 0.717) is 17.4 Å². The van der Waals surface area contributed by atoms with Gasteiger partial charge in [0.2, 0.25) is 5.91 Å². The number of phosphoric acid groups is 1. The molecule has 0 bridgehead atoms. The largest absolute Gasteiger partial charge is 0.756 e. The minimum absolute atomic E-state index is 0.00987. The Kier molecular flexibility index (Phi) is 64.8. The molecule has 0 fully saturated rings. The number of amides is 1. The van der Waals surface area contributed by atoms with Gasteiger partial charge in [-0.2, -0.15) is 0 Å². The molecule has 0 saturated carbocycles. The molecule has 0 aromatic carbocycles. The zero-order chi connectivity index (χ0) is 61.9. The molecule has 0 aromatic rings. The lowest BCUT2D eigenvalue weighted by Gasteiger charge is -2.29. The van der Waals surface area contributed by atoms with E-state index in [9.17, 15) is 19.4 Å². The third-order valence-electron chi connectivity index (χ3n) is 16.6. The van der Waals surface area contributed by atoms with Crippen molar-refractivity contribution in [3.05, 3.63) is 72.9 Å². The summed E-state index contributed by atoms with van der Waals surface area (Å²) >= 11 is 0. The summed E-state index contributed by atoms with van der Waals surface area (Å²) in [4.78, 5) is 25.6. The molecule has 0 aromatic heterocycles. The number of aliphatic hydroxyl groups is 1. The van der Waals surface area contributed by atoms with E-state index >= 15 is 0 Å². The maximum atomic E-state index is 13.0. The number of rotatable bonds is 68. The molecular weight excluding hydrogens is 1070 g/mol. The van der Waals surface area contributed by atoms with Crippen molar-refractivity contribution in [2.75, 3.05) is 40.9 Å². The van der Waals surface area contributed by atoms with Crippen molar-refractivity contribution in [3.8, 4) is 0 Å². The predicted molar refractivity (Wildman–Crippen MR) is 371 cm³/mol. The Balaban J connectivity index is 4.09. The summed E-state index contributed by atoms with van der Waals surface area (Å²) in [5.74, 6) is -0.207. The third-order valence-corrected chi connectivity index (χ3v) is 17.6. The van der Waals surface area contributed by atoms with E-state index in [1.54, 1.807) is 6.08 Å². The van der Waals surface area contributed by atoms with Crippen LogP contribution in [-0.2, 0) is 18.4 Å². The van der Waals surface area contributed by atoms with Gasteiger partial charge in [0.25, 0.3) is 7.82 Å². The first kappa shape index (κ1) is 82.9. The standard InChI is InChI=1S/C76H143N2O6P/c1-6-8-10-12-14-16-18-20-22-24-26-28-30-32-34-36-38-39-40-42-44-46-48-50-52-54-56-58-60-62-64-66-68-70-76(80)77-74(73-84-85(81,82)83-72-71-78(3,4)5)75(79)69-67-65-63-61-59-57-55-53-51-49-47-45-43-41-37-35-33-31-29-27-25-23-21-19-17-15-13-11-9-7-2/h18,20,24,26,30,32,51,53,59,61,67,69,74-75,79H,6-17,19,21-23,25,27-29,31,33-50,52,54-58,60,62-66,68,70-73H2,1-5H3,(H-,77,80,81,82)/b20-18-,26-24-,32-30-,53-51+,61-59+,69-67+. The molecule has 0 heterocycles. The second-order valence-corrected chi connectivity index (χ2v) is 27.7. The fourth-order valence-corrected chi connectivity index (χ4v) is 11.6. The van der Waals surface area contributed by atoms with Crippen molar-refractivity contribution in [2.45, 2.75) is 366 Å². The van der Waals surface area contributed by atoms with Crippen LogP contribution in [0.5, 0.6) is 0 Å². The minimum atomic E-state index is -4.62. The molecule has 1 amide bonds. The Hall–Kier alpha value is -2.06. The van der Waals surface area contributed by atoms with Gasteiger partial charge >= 0.3 is 0 Å². The first-order valence-electron chi connectivity index (χ1n) is 36.8. The van der Waals surface area contributed by atoms with Crippen LogP contribution in [0.25, 0.3) is 0 Å². The van der Waals surface area contributed by atoms with E-state index in [2.05, 4.69) is 79.9 Å². The summed E-state index contributed by atoms with van der Waals surface area (Å²) in [5, 5.41) is 14.0. The van der Waals surface area contributed by atoms with Gasteiger partial charge in [-0.05, 0) is 83.5 Å². The molecule has 498 valence electrons. The second-order valence-electron chi connectivity index (χ2n) is 26.3. The molecule has 3 unspecified atom stereocenters. The van der Waals surface area contributed by atoms with Crippen LogP contribution < -0.4 is 10.2 Å². The van der Waals surface area contributed by atoms with Crippen LogP contribution in [0.1, 0.15) is 354 Å². The van der Waals surface area contributed by atoms with Gasteiger partial charge in [0.15, 0.2) is 0 Å². The van der Waals surface area contributed by atoms with Crippen LogP contribution in [0.15, 0.2) is 72.9 Å². The van der Waals surface area contributed by atoms with Gasteiger partial charge in [0, 0.05) is 6.42 Å². The maximum Gasteiger partial charge on any atom is 0.268 e. The number of phosphoric ester groups is 1. The van der Waals surface area contributed by atoms with Crippen LogP contribution >= 0.6 is 7.82 Å². The zero-order valence-corrected chi connectivity index (χ0v) is 58.0. The van der Waals surface area contributed by atoms with E-state index in [1.165, 1.54) is 276 Å². The lowest BCUT2D eigenvalue weighted by Crippen LogP contribution is -2.45. The highest BCUT2D eigenvalue weighted by atomic mass is 31.2. The molecule has 3 atom stereocenters. The smallest absolute Gasteiger partial charge is 0.268 e. The predicted octanol–water partition coefficient (Wildman–Crippen LogP) is 23.1. The van der Waals surface area contributed by atoms with Gasteiger partial charge in [0.1, 0.15) is 13.2 Å². The average molecular weight is 1210 g/mol. The Morgan fingerprint density at radius 2 is 0.694 bits per heavy atom. The van der Waals surface area contributed by atoms with Crippen LogP contribution in [0.2, 0.25) is 0 Å². The number of carbonyl (C=O) groups is 1. The molecule has 0 saturated heterocycles. The van der Waals surface area contributed by atoms with Crippen molar-refractivity contribution in [2.24, 2.45) is 0 Å². The topological polar surface area (TPSA) is 108 Å². The number of hydrogen-bond acceptors (Lipinski definition) is 6. The Bertz CT molecular complexity index is 1620. The van der Waals surface area contributed by atoms with Crippen LogP contribution in [0.3, 0.4) is 0 Å². The first-order valence-corrected chi connectivity index (χ1v) is 38.3. The van der Waals surface area contributed by atoms with Crippen molar-refractivity contribution in [1.29, 1.82) is 0 Å². The van der Waals surface area contributed by atoms with E-state index in [4.69, 9.17) is 9.05 Å². The molecule has 0 aliphatic carbocycles. The molecule has 9 heteroatoms. The highest BCUT2D eigenvalue weighted by Gasteiger charge is 2.23. The summed E-state index contributed by atoms with van der Waals surface area (Å²) < 4.78 is 23.5. The van der Waals surface area contributed by atoms with Crippen LogP contribution in [0.4, 0.5) is 0 Å². The average Bonchev–Trinajstić information content (AvgIpc) is 3.49. The molecule has 0 aliphatic rings. The summed E-state index contributed by atoms with van der Waals surface area (Å²) in [6.45, 7) is 4.65. The summed E-state index contributed by atoms with van der Waals surface area (Å²) in [6.07, 6.45) is 93.3. The molecular formula is C76H143N2O6P. The minimum Gasteiger partial charge on any atom is -0.756 e. The number of aliphatic hydroxyl groups excluding tert-OH is 1. The third kappa shape index (κ3) is 69.3. The van der Waals surface area contributed by atoms with Crippen molar-refractivity contribution in [1.82, 2.24) is 5.32 Å². The Labute approximate surface area is 529 Å². The van der Waals surface area contributed by atoms with E-state index < -0.39 is 26.6 Å². The number of allylic oxidation sites excluding steroid dienone is 11. The Morgan fingerprint density at radius 1 is 0.412 bits per heavy atom. The number of nitrogens with one attached hydrogen (secondary N) is 1. The van der Waals surface area contributed by atoms with Crippen molar-refractivity contribution < 1.29 is 32.9 Å². The monoisotopic (exact) mass is 1210 g/mol. The highest BCUT2D eigenvalue weighted by Crippen LogP contribution is 2.38. The molecule has 85 heavy (non-hydrogen) atoms. The number of likely N-dealkylation sites (N-methyl/N-ethyl adjacent to an activating group) is 1. The molecule has 2 N–H and O–H groups in total. The zero-order valence-electron chi connectivity index (χ0n) is 57.1. The van der Waals surface area contributed by atoms with E-state index in [-0.39, 0.29) is 12.5 Å². The normalized spacial score (nSPS) is 14.0. The van der Waals surface area contributed by atoms with Gasteiger partial charge in [0.05, 0.1) is 39.9 Å². The van der Waals surface area contributed by atoms with E-state index in [0.717, 1.165) is 57.8 Å². The van der Waals surface area contributed by atoms with Gasteiger partial charge in [-0.1, -0.05) is 337 Å². The first-order chi connectivity index (χ1) is 41.5. The fourth-order valence-electron chi connectivity index (χ4n) is 10.9. The lowest BCUT2D eigenvalue weighted by atomic mass is 10.0. The van der Waals surface area contributed by atoms with Crippen LogP contribution in [0, 0.1) is 0 Å². The SMILES string of the molecule is CCCCCCC/C=C\C/C=C\C/C=C\CCCCCCCCCCCCCCCCCCCCC(=O)NC(COP(=O)([O-])OCC[N+](C)(C)C)C(O)/C=C/CC/C=C/CC/C=C/CCCCCCCCCCCCCCCCCCCCCC. The Morgan fingerprint density at radius 3 is 1.04 bits per heavy atom. The van der Waals surface area contributed by atoms with Crippen molar-refractivity contribution in [3.63, 3.8) is 0 Å². The van der Waals surface area contributed by atoms with Gasteiger partial charge < -0.3 is 28.8 Å². The van der Waals surface area contributed by atoms with Crippen molar-refractivity contribution >= 4 is 13.7 Å². The fraction of sp³-hybridized carbons (Fsp3) is 0.829. The maximum absolute atomic E-state index is 13.0. The molecule has 0 radical (unpaired) electrons.